The Hall–Kier alpha value is -0.0600. The molecule has 0 aliphatic carbocycles. The van der Waals surface area contributed by atoms with Gasteiger partial charge in [0.1, 0.15) is 0 Å². The van der Waals surface area contributed by atoms with Crippen LogP contribution in [-0.2, 0) is 0 Å². The van der Waals surface area contributed by atoms with E-state index in [2.05, 4.69) is 22.5 Å². The van der Waals surface area contributed by atoms with E-state index in [1.807, 2.05) is 0 Å². The van der Waals surface area contributed by atoms with Crippen LogP contribution in [0.25, 0.3) is 0 Å². The van der Waals surface area contributed by atoms with E-state index in [0.717, 1.165) is 6.08 Å². The second-order valence-electron chi connectivity index (χ2n) is 2.02. The molecular formula is C6H7BrF4. The van der Waals surface area contributed by atoms with Gasteiger partial charge in [-0.1, -0.05) is 22.0 Å². The first-order valence-corrected chi connectivity index (χ1v) is 3.74. The third-order valence-corrected chi connectivity index (χ3v) is 1.74. The fourth-order valence-corrected chi connectivity index (χ4v) is 0.864. The molecular weight excluding hydrogens is 228 g/mol. The molecule has 0 nitrogen and oxygen atoms in total. The van der Waals surface area contributed by atoms with Crippen LogP contribution in [0.5, 0.6) is 0 Å². The van der Waals surface area contributed by atoms with Gasteiger partial charge < -0.3 is 0 Å². The standard InChI is InChI=1S/C6H7BrF4/c1-2-4(7)3-6(10,11)5(8)9/h2,4-5H,1,3H2. The van der Waals surface area contributed by atoms with E-state index in [0.29, 0.717) is 0 Å². The normalized spacial score (nSPS) is 15.1. The monoisotopic (exact) mass is 234 g/mol. The highest BCUT2D eigenvalue weighted by atomic mass is 79.9. The zero-order chi connectivity index (χ0) is 9.07. The molecule has 0 aliphatic rings. The summed E-state index contributed by atoms with van der Waals surface area (Å²) in [5, 5.41) is 0. The Balaban J connectivity index is 4.00. The summed E-state index contributed by atoms with van der Waals surface area (Å²) < 4.78 is 47.3. The highest BCUT2D eigenvalue weighted by Crippen LogP contribution is 2.30. The lowest BCUT2D eigenvalue weighted by atomic mass is 10.2. The van der Waals surface area contributed by atoms with Gasteiger partial charge in [0, 0.05) is 11.2 Å². The van der Waals surface area contributed by atoms with Gasteiger partial charge in [-0.2, -0.15) is 0 Å². The van der Waals surface area contributed by atoms with Crippen molar-refractivity contribution in [1.82, 2.24) is 0 Å². The van der Waals surface area contributed by atoms with Crippen LogP contribution in [0.2, 0.25) is 0 Å². The molecule has 0 spiro atoms. The minimum atomic E-state index is -3.93. The van der Waals surface area contributed by atoms with Crippen molar-refractivity contribution < 1.29 is 17.6 Å². The first-order valence-electron chi connectivity index (χ1n) is 2.82. The Labute approximate surface area is 70.4 Å². The van der Waals surface area contributed by atoms with Gasteiger partial charge in [-0.15, -0.1) is 6.58 Å². The maximum atomic E-state index is 12.2. The van der Waals surface area contributed by atoms with Crippen molar-refractivity contribution in [2.45, 2.75) is 23.6 Å². The fraction of sp³-hybridized carbons (Fsp3) is 0.667. The summed E-state index contributed by atoms with van der Waals surface area (Å²) >= 11 is 2.75. The molecule has 0 saturated carbocycles. The molecule has 0 aliphatic heterocycles. The van der Waals surface area contributed by atoms with Crippen LogP contribution < -0.4 is 0 Å². The van der Waals surface area contributed by atoms with Gasteiger partial charge in [0.15, 0.2) is 0 Å². The van der Waals surface area contributed by atoms with E-state index in [1.54, 1.807) is 0 Å². The summed E-state index contributed by atoms with van der Waals surface area (Å²) in [6, 6.07) is 0. The Morgan fingerprint density at radius 2 is 1.91 bits per heavy atom. The van der Waals surface area contributed by atoms with Crippen molar-refractivity contribution in [2.24, 2.45) is 0 Å². The van der Waals surface area contributed by atoms with Crippen molar-refractivity contribution in [1.29, 1.82) is 0 Å². The van der Waals surface area contributed by atoms with E-state index < -0.39 is 23.6 Å². The molecule has 0 saturated heterocycles. The molecule has 0 radical (unpaired) electrons. The Morgan fingerprint density at radius 3 is 2.18 bits per heavy atom. The number of hydrogen-bond acceptors (Lipinski definition) is 0. The van der Waals surface area contributed by atoms with Gasteiger partial charge in [0.05, 0.1) is 0 Å². The third-order valence-electron chi connectivity index (χ3n) is 1.04. The highest BCUT2D eigenvalue weighted by molar-refractivity contribution is 9.09. The smallest absolute Gasteiger partial charge is 0.204 e. The van der Waals surface area contributed by atoms with Gasteiger partial charge in [-0.25, -0.2) is 17.6 Å². The molecule has 0 heterocycles. The minimum absolute atomic E-state index is 0.772. The maximum absolute atomic E-state index is 12.2. The van der Waals surface area contributed by atoms with Crippen LogP contribution in [0.1, 0.15) is 6.42 Å². The van der Waals surface area contributed by atoms with Gasteiger partial charge >= 0.3 is 12.3 Å². The first-order chi connectivity index (χ1) is 4.90. The summed E-state index contributed by atoms with van der Waals surface area (Å²) in [7, 11) is 0. The molecule has 0 aromatic carbocycles. The lowest BCUT2D eigenvalue weighted by Crippen LogP contribution is -2.29. The lowest BCUT2D eigenvalue weighted by Gasteiger charge is -2.16. The summed E-state index contributed by atoms with van der Waals surface area (Å²) in [6.45, 7) is 3.18. The van der Waals surface area contributed by atoms with Gasteiger partial charge in [-0.3, -0.25) is 0 Å². The van der Waals surface area contributed by atoms with Crippen molar-refractivity contribution in [2.75, 3.05) is 0 Å². The van der Waals surface area contributed by atoms with E-state index in [1.165, 1.54) is 0 Å². The van der Waals surface area contributed by atoms with Gasteiger partial charge in [0.2, 0.25) is 0 Å². The first kappa shape index (κ1) is 10.9. The van der Waals surface area contributed by atoms with Crippen molar-refractivity contribution >= 4 is 15.9 Å². The SMILES string of the molecule is C=CC(Br)CC(F)(F)C(F)F. The zero-order valence-corrected chi connectivity index (χ0v) is 7.12. The van der Waals surface area contributed by atoms with Crippen LogP contribution in [0.15, 0.2) is 12.7 Å². The van der Waals surface area contributed by atoms with Crippen molar-refractivity contribution in [3.8, 4) is 0 Å². The van der Waals surface area contributed by atoms with Crippen LogP contribution in [-0.4, -0.2) is 17.2 Å². The number of halogens is 5. The van der Waals surface area contributed by atoms with E-state index >= 15 is 0 Å². The van der Waals surface area contributed by atoms with E-state index in [-0.39, 0.29) is 0 Å². The Morgan fingerprint density at radius 1 is 1.45 bits per heavy atom. The van der Waals surface area contributed by atoms with E-state index in [9.17, 15) is 17.6 Å². The maximum Gasteiger partial charge on any atom is 0.308 e. The second kappa shape index (κ2) is 4.09. The topological polar surface area (TPSA) is 0 Å². The van der Waals surface area contributed by atoms with Crippen LogP contribution in [0.4, 0.5) is 17.6 Å². The molecule has 0 rings (SSSR count). The average Bonchev–Trinajstić information content (AvgIpc) is 1.86. The number of alkyl halides is 5. The third kappa shape index (κ3) is 3.74. The van der Waals surface area contributed by atoms with Gasteiger partial charge in [-0.05, 0) is 0 Å². The molecule has 0 bridgehead atoms. The molecule has 0 fully saturated rings. The summed E-state index contributed by atoms with van der Waals surface area (Å²) in [5.74, 6) is -3.93. The fourth-order valence-electron chi connectivity index (χ4n) is 0.432. The van der Waals surface area contributed by atoms with Crippen molar-refractivity contribution in [3.05, 3.63) is 12.7 Å². The quantitative estimate of drug-likeness (QED) is 0.398. The highest BCUT2D eigenvalue weighted by Gasteiger charge is 2.41. The number of allylic oxidation sites excluding steroid dienone is 1. The zero-order valence-electron chi connectivity index (χ0n) is 5.54. The summed E-state index contributed by atoms with van der Waals surface area (Å²) in [6.07, 6.45) is -3.38. The Bertz CT molecular complexity index is 135. The molecule has 0 N–H and O–H groups in total. The average molecular weight is 235 g/mol. The van der Waals surface area contributed by atoms with E-state index in [4.69, 9.17) is 0 Å². The largest absolute Gasteiger partial charge is 0.308 e. The predicted octanol–water partition coefficient (Wildman–Crippen LogP) is 3.23. The molecule has 11 heavy (non-hydrogen) atoms. The summed E-state index contributed by atoms with van der Waals surface area (Å²) in [5.41, 5.74) is 0. The van der Waals surface area contributed by atoms with Crippen molar-refractivity contribution in [3.63, 3.8) is 0 Å². The van der Waals surface area contributed by atoms with Crippen LogP contribution >= 0.6 is 15.9 Å². The number of hydrogen-bond donors (Lipinski definition) is 0. The molecule has 66 valence electrons. The lowest BCUT2D eigenvalue weighted by molar-refractivity contribution is -0.131. The summed E-state index contributed by atoms with van der Waals surface area (Å²) in [4.78, 5) is -0.772. The molecule has 1 atom stereocenters. The molecule has 0 aromatic rings. The molecule has 1 unspecified atom stereocenters. The van der Waals surface area contributed by atoms with Crippen LogP contribution in [0, 0.1) is 0 Å². The number of rotatable bonds is 4. The van der Waals surface area contributed by atoms with Gasteiger partial charge in [0.25, 0.3) is 0 Å². The second-order valence-corrected chi connectivity index (χ2v) is 3.19. The molecule has 0 amide bonds. The molecule has 0 aromatic heterocycles. The molecule has 5 heteroatoms. The predicted molar refractivity (Wildman–Crippen MR) is 38.5 cm³/mol. The Kier molecular flexibility index (Phi) is 4.07. The minimum Gasteiger partial charge on any atom is -0.204 e. The van der Waals surface area contributed by atoms with Crippen LogP contribution in [0.3, 0.4) is 0 Å².